The highest BCUT2D eigenvalue weighted by Gasteiger charge is 2.35. The van der Waals surface area contributed by atoms with Gasteiger partial charge in [0.1, 0.15) is 17.8 Å². The van der Waals surface area contributed by atoms with E-state index in [1.165, 1.54) is 0 Å². The number of hydrazone groups is 1. The molecule has 0 aliphatic rings. The van der Waals surface area contributed by atoms with Crippen LogP contribution in [0.2, 0.25) is 0 Å². The van der Waals surface area contributed by atoms with Crippen LogP contribution in [0.3, 0.4) is 0 Å². The Morgan fingerprint density at radius 3 is 2.26 bits per heavy atom. The topological polar surface area (TPSA) is 119 Å². The molecule has 8 nitrogen and oxygen atoms in total. The summed E-state index contributed by atoms with van der Waals surface area (Å²) >= 11 is 0. The number of hydrogen-bond acceptors (Lipinski definition) is 7. The van der Waals surface area contributed by atoms with Crippen LogP contribution in [0.15, 0.2) is 68.9 Å². The first-order valence-corrected chi connectivity index (χ1v) is 13.3. The third-order valence-electron chi connectivity index (χ3n) is 6.53. The number of aromatic hydroxyl groups is 1. The average molecular weight is 531 g/mol. The van der Waals surface area contributed by atoms with Crippen molar-refractivity contribution < 1.29 is 14.3 Å². The average Bonchev–Trinajstić information content (AvgIpc) is 2.88. The van der Waals surface area contributed by atoms with Crippen LogP contribution >= 0.6 is 0 Å². The Labute approximate surface area is 229 Å². The number of rotatable bonds is 12. The van der Waals surface area contributed by atoms with Gasteiger partial charge in [-0.3, -0.25) is 4.79 Å². The maximum atomic E-state index is 13.5. The summed E-state index contributed by atoms with van der Waals surface area (Å²) < 4.78 is 5.70. The first kappa shape index (κ1) is 29.6. The van der Waals surface area contributed by atoms with Crippen LogP contribution in [0.4, 0.5) is 0 Å². The minimum atomic E-state index is -0.620. The van der Waals surface area contributed by atoms with E-state index in [4.69, 9.17) is 9.68 Å². The number of carbonyl (C=O) groups is 1. The van der Waals surface area contributed by atoms with Crippen molar-refractivity contribution in [2.75, 3.05) is 19.6 Å². The van der Waals surface area contributed by atoms with E-state index in [1.807, 2.05) is 36.4 Å². The maximum Gasteiger partial charge on any atom is 0.343 e. The number of hydrogen-bond donors (Lipinski definition) is 2. The molecule has 206 valence electrons. The van der Waals surface area contributed by atoms with Crippen LogP contribution in [-0.2, 0) is 4.79 Å². The van der Waals surface area contributed by atoms with Gasteiger partial charge >= 0.3 is 5.63 Å². The Bertz CT molecular complexity index is 1380. The molecule has 0 aliphatic heterocycles. The molecule has 0 spiro atoms. The SMILES string of the molecule is C/C(=N/NC(=O)CC#N)[C@@H](CN(CC(C)C)CC(C)C)[C@H](c1ccccc1)c1c(O)c2ccccc2oc1=O. The van der Waals surface area contributed by atoms with Gasteiger partial charge in [0.05, 0.1) is 17.0 Å². The van der Waals surface area contributed by atoms with E-state index in [-0.39, 0.29) is 17.7 Å². The van der Waals surface area contributed by atoms with Crippen LogP contribution in [0.25, 0.3) is 11.0 Å². The molecule has 39 heavy (non-hydrogen) atoms. The van der Waals surface area contributed by atoms with Crippen molar-refractivity contribution in [2.45, 2.75) is 47.0 Å². The van der Waals surface area contributed by atoms with Crippen molar-refractivity contribution in [3.63, 3.8) is 0 Å². The van der Waals surface area contributed by atoms with E-state index in [9.17, 15) is 14.7 Å². The van der Waals surface area contributed by atoms with Crippen LogP contribution in [0.5, 0.6) is 5.75 Å². The number of amides is 1. The molecule has 0 fully saturated rings. The lowest BCUT2D eigenvalue weighted by Crippen LogP contribution is -2.41. The second-order valence-corrected chi connectivity index (χ2v) is 10.8. The Morgan fingerprint density at radius 1 is 1.03 bits per heavy atom. The molecule has 0 saturated carbocycles. The first-order chi connectivity index (χ1) is 18.6. The molecule has 0 aliphatic carbocycles. The lowest BCUT2D eigenvalue weighted by Gasteiger charge is -2.34. The third kappa shape index (κ3) is 7.78. The fraction of sp³-hybridized carbons (Fsp3) is 0.419. The number of para-hydroxylation sites is 1. The molecule has 1 heterocycles. The summed E-state index contributed by atoms with van der Waals surface area (Å²) in [5.41, 5.74) is 3.70. The molecule has 3 rings (SSSR count). The number of benzene rings is 2. The van der Waals surface area contributed by atoms with E-state index >= 15 is 0 Å². The molecular formula is C31H38N4O4. The van der Waals surface area contributed by atoms with Crippen molar-refractivity contribution in [1.29, 1.82) is 5.26 Å². The number of fused-ring (bicyclic) bond motifs is 1. The van der Waals surface area contributed by atoms with Crippen molar-refractivity contribution in [2.24, 2.45) is 22.9 Å². The molecule has 2 aromatic carbocycles. The zero-order valence-electron chi connectivity index (χ0n) is 23.3. The number of carbonyl (C=O) groups excluding carboxylic acids is 1. The fourth-order valence-electron chi connectivity index (χ4n) is 5.04. The lowest BCUT2D eigenvalue weighted by molar-refractivity contribution is -0.120. The second-order valence-electron chi connectivity index (χ2n) is 10.8. The maximum absolute atomic E-state index is 13.5. The highest BCUT2D eigenvalue weighted by Crippen LogP contribution is 2.39. The van der Waals surface area contributed by atoms with Crippen molar-refractivity contribution in [1.82, 2.24) is 10.3 Å². The van der Waals surface area contributed by atoms with Gasteiger partial charge in [-0.1, -0.05) is 70.2 Å². The van der Waals surface area contributed by atoms with Gasteiger partial charge in [0.15, 0.2) is 0 Å². The van der Waals surface area contributed by atoms with E-state index in [1.54, 1.807) is 31.2 Å². The monoisotopic (exact) mass is 530 g/mol. The molecule has 2 atom stereocenters. The first-order valence-electron chi connectivity index (χ1n) is 13.3. The Hall–Kier alpha value is -3.96. The van der Waals surface area contributed by atoms with Gasteiger partial charge in [0, 0.05) is 37.2 Å². The molecular weight excluding hydrogens is 492 g/mol. The number of nitrogens with zero attached hydrogens (tertiary/aromatic N) is 3. The molecule has 0 bridgehead atoms. The minimum absolute atomic E-state index is 0.124. The summed E-state index contributed by atoms with van der Waals surface area (Å²) in [6.07, 6.45) is -0.314. The number of nitrogens with one attached hydrogen (secondary N) is 1. The van der Waals surface area contributed by atoms with Crippen molar-refractivity contribution in [3.05, 3.63) is 76.1 Å². The van der Waals surface area contributed by atoms with Crippen LogP contribution in [0.1, 0.15) is 58.1 Å². The smallest absolute Gasteiger partial charge is 0.343 e. The molecule has 8 heteroatoms. The highest BCUT2D eigenvalue weighted by atomic mass is 16.4. The molecule has 2 N–H and O–H groups in total. The van der Waals surface area contributed by atoms with E-state index in [0.717, 1.165) is 18.7 Å². The van der Waals surface area contributed by atoms with Gasteiger partial charge in [-0.2, -0.15) is 10.4 Å². The molecule has 0 radical (unpaired) electrons. The standard InChI is InChI=1S/C31H38N4O4/c1-20(2)17-35(18-21(3)4)19-25(22(5)33-34-27(36)15-16-32)28(23-11-7-6-8-12-23)29-30(37)24-13-9-10-14-26(24)39-31(29)38/h6-14,20-21,25,28,37H,15,17-19H2,1-5H3,(H,34,36)/b33-22-/t25-,28+/m1/s1. The van der Waals surface area contributed by atoms with Crippen LogP contribution in [0, 0.1) is 29.1 Å². The van der Waals surface area contributed by atoms with Gasteiger partial charge in [-0.15, -0.1) is 0 Å². The third-order valence-corrected chi connectivity index (χ3v) is 6.53. The van der Waals surface area contributed by atoms with Gasteiger partial charge in [-0.05, 0) is 36.5 Å². The Kier molecular flexibility index (Phi) is 10.4. The van der Waals surface area contributed by atoms with E-state index in [2.05, 4.69) is 43.1 Å². The quantitative estimate of drug-likeness (QED) is 0.187. The number of nitriles is 1. The summed E-state index contributed by atoms with van der Waals surface area (Å²) in [5, 5.41) is 25.2. The lowest BCUT2D eigenvalue weighted by atomic mass is 9.78. The van der Waals surface area contributed by atoms with Crippen LogP contribution in [-0.4, -0.2) is 41.3 Å². The zero-order valence-corrected chi connectivity index (χ0v) is 23.3. The van der Waals surface area contributed by atoms with Crippen LogP contribution < -0.4 is 11.1 Å². The molecule has 0 unspecified atom stereocenters. The fourth-order valence-corrected chi connectivity index (χ4v) is 5.04. The molecule has 1 amide bonds. The van der Waals surface area contributed by atoms with Gasteiger partial charge < -0.3 is 14.4 Å². The Balaban J connectivity index is 2.25. The predicted molar refractivity (Wildman–Crippen MR) is 154 cm³/mol. The summed E-state index contributed by atoms with van der Waals surface area (Å²) in [6.45, 7) is 12.6. The molecule has 1 aromatic heterocycles. The summed E-state index contributed by atoms with van der Waals surface area (Å²) in [5.74, 6) is -0.882. The summed E-state index contributed by atoms with van der Waals surface area (Å²) in [6, 6.07) is 18.2. The largest absolute Gasteiger partial charge is 0.507 e. The summed E-state index contributed by atoms with van der Waals surface area (Å²) in [4.78, 5) is 27.9. The predicted octanol–water partition coefficient (Wildman–Crippen LogP) is 5.27. The van der Waals surface area contributed by atoms with E-state index < -0.39 is 23.4 Å². The molecule has 0 saturated heterocycles. The second kappa shape index (κ2) is 13.7. The van der Waals surface area contributed by atoms with Gasteiger partial charge in [0.25, 0.3) is 5.91 Å². The summed E-state index contributed by atoms with van der Waals surface area (Å²) in [7, 11) is 0. The van der Waals surface area contributed by atoms with Gasteiger partial charge in [-0.25, -0.2) is 10.2 Å². The zero-order chi connectivity index (χ0) is 28.5. The minimum Gasteiger partial charge on any atom is -0.507 e. The Morgan fingerprint density at radius 2 is 1.64 bits per heavy atom. The molecule has 3 aromatic rings. The van der Waals surface area contributed by atoms with Gasteiger partial charge in [0.2, 0.25) is 0 Å². The van der Waals surface area contributed by atoms with Crippen molar-refractivity contribution in [3.8, 4) is 11.8 Å². The van der Waals surface area contributed by atoms with E-state index in [0.29, 0.717) is 35.1 Å². The normalized spacial score (nSPS) is 13.6. The van der Waals surface area contributed by atoms with Crippen molar-refractivity contribution >= 4 is 22.6 Å². The highest BCUT2D eigenvalue weighted by molar-refractivity contribution is 5.89.